The van der Waals surface area contributed by atoms with E-state index in [9.17, 15) is 12.8 Å². The molecule has 0 heterocycles. The molecule has 0 aliphatic heterocycles. The van der Waals surface area contributed by atoms with Crippen LogP contribution in [-0.2, 0) is 10.0 Å². The molecule has 0 aromatic heterocycles. The monoisotopic (exact) mass is 282 g/mol. The predicted octanol–water partition coefficient (Wildman–Crippen LogP) is 0.967. The molecule has 3 N–H and O–H groups in total. The fraction of sp³-hybridized carbons (Fsp3) is 0.385. The molecule has 6 heteroatoms. The van der Waals surface area contributed by atoms with E-state index in [2.05, 4.69) is 16.6 Å². The fourth-order valence-corrected chi connectivity index (χ4v) is 3.06. The zero-order valence-electron chi connectivity index (χ0n) is 10.5. The lowest BCUT2D eigenvalue weighted by molar-refractivity contribution is 0.555. The van der Waals surface area contributed by atoms with E-state index in [1.165, 1.54) is 12.1 Å². The van der Waals surface area contributed by atoms with Crippen molar-refractivity contribution in [2.24, 2.45) is 5.73 Å². The zero-order valence-corrected chi connectivity index (χ0v) is 11.3. The second kappa shape index (κ2) is 4.93. The zero-order chi connectivity index (χ0) is 14.1. The SMILES string of the molecule is CC1(NS(=O)(=O)c2ccc(C#CCN)c(F)c2)CC1. The summed E-state index contributed by atoms with van der Waals surface area (Å²) in [7, 11) is -3.68. The van der Waals surface area contributed by atoms with E-state index in [1.54, 1.807) is 0 Å². The van der Waals surface area contributed by atoms with Crippen molar-refractivity contribution in [3.63, 3.8) is 0 Å². The average Bonchev–Trinajstić information content (AvgIpc) is 3.04. The Kier molecular flexibility index (Phi) is 3.63. The summed E-state index contributed by atoms with van der Waals surface area (Å²) in [5.74, 6) is 4.41. The molecule has 1 aromatic rings. The summed E-state index contributed by atoms with van der Waals surface area (Å²) in [6, 6.07) is 3.67. The molecule has 0 unspecified atom stereocenters. The molecule has 0 saturated heterocycles. The second-order valence-corrected chi connectivity index (χ2v) is 6.50. The summed E-state index contributed by atoms with van der Waals surface area (Å²) < 4.78 is 40.3. The minimum atomic E-state index is -3.68. The van der Waals surface area contributed by atoms with Gasteiger partial charge in [-0.15, -0.1) is 0 Å². The van der Waals surface area contributed by atoms with Crippen LogP contribution in [0.5, 0.6) is 0 Å². The van der Waals surface area contributed by atoms with E-state index in [0.29, 0.717) is 0 Å². The highest BCUT2D eigenvalue weighted by Crippen LogP contribution is 2.36. The first-order valence-electron chi connectivity index (χ1n) is 5.89. The first kappa shape index (κ1) is 14.0. The van der Waals surface area contributed by atoms with Gasteiger partial charge < -0.3 is 5.73 Å². The Balaban J connectivity index is 2.28. The van der Waals surface area contributed by atoms with Crippen molar-refractivity contribution in [1.29, 1.82) is 0 Å². The van der Waals surface area contributed by atoms with Crippen LogP contribution in [0.3, 0.4) is 0 Å². The molecule has 1 saturated carbocycles. The summed E-state index contributed by atoms with van der Waals surface area (Å²) in [4.78, 5) is -0.0866. The van der Waals surface area contributed by atoms with Crippen molar-refractivity contribution in [3.8, 4) is 11.8 Å². The highest BCUT2D eigenvalue weighted by Gasteiger charge is 2.41. The lowest BCUT2D eigenvalue weighted by Crippen LogP contribution is -2.34. The van der Waals surface area contributed by atoms with Crippen LogP contribution in [0.4, 0.5) is 4.39 Å². The van der Waals surface area contributed by atoms with Gasteiger partial charge in [0.2, 0.25) is 10.0 Å². The highest BCUT2D eigenvalue weighted by atomic mass is 32.2. The minimum absolute atomic E-state index is 0.0866. The van der Waals surface area contributed by atoms with Gasteiger partial charge in [-0.2, -0.15) is 0 Å². The Labute approximate surface area is 112 Å². The lowest BCUT2D eigenvalue weighted by Gasteiger charge is -2.12. The van der Waals surface area contributed by atoms with Gasteiger partial charge in [0.25, 0.3) is 0 Å². The number of nitrogens with two attached hydrogens (primary N) is 1. The van der Waals surface area contributed by atoms with Gasteiger partial charge >= 0.3 is 0 Å². The normalized spacial score (nSPS) is 16.6. The Morgan fingerprint density at radius 1 is 1.47 bits per heavy atom. The predicted molar refractivity (Wildman–Crippen MR) is 70.3 cm³/mol. The van der Waals surface area contributed by atoms with Crippen LogP contribution in [0.2, 0.25) is 0 Å². The lowest BCUT2D eigenvalue weighted by atomic mass is 10.2. The minimum Gasteiger partial charge on any atom is -0.320 e. The number of rotatable bonds is 3. The van der Waals surface area contributed by atoms with Crippen LogP contribution in [0.1, 0.15) is 25.3 Å². The van der Waals surface area contributed by atoms with E-state index in [1.807, 2.05) is 6.92 Å². The number of hydrogen-bond donors (Lipinski definition) is 2. The molecule has 0 atom stereocenters. The highest BCUT2D eigenvalue weighted by molar-refractivity contribution is 7.89. The molecular weight excluding hydrogens is 267 g/mol. The van der Waals surface area contributed by atoms with Crippen molar-refractivity contribution < 1.29 is 12.8 Å². The third-order valence-corrected chi connectivity index (χ3v) is 4.59. The Bertz CT molecular complexity index is 655. The van der Waals surface area contributed by atoms with Gasteiger partial charge in [-0.3, -0.25) is 0 Å². The van der Waals surface area contributed by atoms with Gasteiger partial charge in [0.05, 0.1) is 17.0 Å². The number of halogens is 1. The molecule has 0 bridgehead atoms. The smallest absolute Gasteiger partial charge is 0.241 e. The standard InChI is InChI=1S/C13H15FN2O2S/c1-13(6-7-13)16-19(17,18)11-5-4-10(3-2-8-15)12(14)9-11/h4-5,9,16H,6-8,15H2,1H3. The van der Waals surface area contributed by atoms with Crippen molar-refractivity contribution in [1.82, 2.24) is 4.72 Å². The maximum absolute atomic E-state index is 13.7. The molecule has 19 heavy (non-hydrogen) atoms. The number of hydrogen-bond acceptors (Lipinski definition) is 3. The van der Waals surface area contributed by atoms with E-state index in [4.69, 9.17) is 5.73 Å². The molecule has 1 aliphatic carbocycles. The molecule has 4 nitrogen and oxygen atoms in total. The Morgan fingerprint density at radius 2 is 2.16 bits per heavy atom. The van der Waals surface area contributed by atoms with Crippen molar-refractivity contribution in [2.45, 2.75) is 30.2 Å². The molecule has 0 amide bonds. The Hall–Kier alpha value is -1.42. The van der Waals surface area contributed by atoms with Gasteiger partial charge in [-0.25, -0.2) is 17.5 Å². The van der Waals surface area contributed by atoms with E-state index < -0.39 is 15.8 Å². The van der Waals surface area contributed by atoms with Gasteiger partial charge in [0.1, 0.15) is 5.82 Å². The van der Waals surface area contributed by atoms with Crippen molar-refractivity contribution >= 4 is 10.0 Å². The number of nitrogens with one attached hydrogen (secondary N) is 1. The van der Waals surface area contributed by atoms with E-state index in [0.717, 1.165) is 18.9 Å². The third-order valence-electron chi connectivity index (χ3n) is 2.96. The molecule has 1 aromatic carbocycles. The van der Waals surface area contributed by atoms with Gasteiger partial charge in [-0.1, -0.05) is 11.8 Å². The molecule has 0 spiro atoms. The van der Waals surface area contributed by atoms with Gasteiger partial charge in [0, 0.05) is 5.54 Å². The van der Waals surface area contributed by atoms with Crippen LogP contribution >= 0.6 is 0 Å². The summed E-state index contributed by atoms with van der Waals surface area (Å²) in [6.45, 7) is 1.95. The molecular formula is C13H15FN2O2S. The van der Waals surface area contributed by atoms with Crippen LogP contribution in [0.15, 0.2) is 23.1 Å². The molecule has 102 valence electrons. The number of sulfonamides is 1. The van der Waals surface area contributed by atoms with Crippen LogP contribution < -0.4 is 10.5 Å². The summed E-state index contributed by atoms with van der Waals surface area (Å²) in [6.07, 6.45) is 1.60. The Morgan fingerprint density at radius 3 is 2.68 bits per heavy atom. The van der Waals surface area contributed by atoms with Crippen LogP contribution in [-0.4, -0.2) is 20.5 Å². The largest absolute Gasteiger partial charge is 0.320 e. The van der Waals surface area contributed by atoms with Gasteiger partial charge in [0.15, 0.2) is 0 Å². The topological polar surface area (TPSA) is 72.2 Å². The first-order chi connectivity index (χ1) is 8.86. The van der Waals surface area contributed by atoms with Crippen LogP contribution in [0.25, 0.3) is 0 Å². The number of benzene rings is 1. The molecule has 2 rings (SSSR count). The van der Waals surface area contributed by atoms with E-state index >= 15 is 0 Å². The van der Waals surface area contributed by atoms with E-state index in [-0.39, 0.29) is 22.5 Å². The molecule has 1 aliphatic rings. The van der Waals surface area contributed by atoms with Crippen LogP contribution in [0, 0.1) is 17.7 Å². The first-order valence-corrected chi connectivity index (χ1v) is 7.37. The summed E-state index contributed by atoms with van der Waals surface area (Å²) >= 11 is 0. The average molecular weight is 282 g/mol. The third kappa shape index (κ3) is 3.32. The van der Waals surface area contributed by atoms with Crippen molar-refractivity contribution in [2.75, 3.05) is 6.54 Å². The quantitative estimate of drug-likeness (QED) is 0.811. The summed E-state index contributed by atoms with van der Waals surface area (Å²) in [5, 5.41) is 0. The van der Waals surface area contributed by atoms with Crippen molar-refractivity contribution in [3.05, 3.63) is 29.6 Å². The maximum Gasteiger partial charge on any atom is 0.241 e. The molecule has 1 fully saturated rings. The second-order valence-electron chi connectivity index (χ2n) is 4.81. The van der Waals surface area contributed by atoms with Gasteiger partial charge in [-0.05, 0) is 38.0 Å². The summed E-state index contributed by atoms with van der Waals surface area (Å²) in [5.41, 5.74) is 4.96. The fourth-order valence-electron chi connectivity index (χ4n) is 1.58. The maximum atomic E-state index is 13.7. The molecule has 0 radical (unpaired) electrons.